The normalized spacial score (nSPS) is 10.2. The molecule has 0 saturated carbocycles. The van der Waals surface area contributed by atoms with E-state index in [2.05, 4.69) is 19.2 Å². The quantitative estimate of drug-likeness (QED) is 0.721. The summed E-state index contributed by atoms with van der Waals surface area (Å²) >= 11 is 0. The molecule has 90 valence electrons. The van der Waals surface area contributed by atoms with E-state index in [1.54, 1.807) is 7.11 Å². The monoisotopic (exact) mass is 223 g/mol. The average Bonchev–Trinajstić information content (AvgIpc) is 2.30. The summed E-state index contributed by atoms with van der Waals surface area (Å²) in [7, 11) is 1.68. The van der Waals surface area contributed by atoms with Gasteiger partial charge in [0.1, 0.15) is 5.75 Å². The molecule has 1 aromatic rings. The van der Waals surface area contributed by atoms with Crippen LogP contribution in [-0.4, -0.2) is 26.9 Å². The van der Waals surface area contributed by atoms with E-state index in [-0.39, 0.29) is 0 Å². The van der Waals surface area contributed by atoms with Gasteiger partial charge in [0.15, 0.2) is 0 Å². The number of hydrogen-bond acceptors (Lipinski definition) is 3. The SMILES string of the molecule is CCCOCCNc1ccc(OC)cc1C. The molecule has 0 aliphatic heterocycles. The van der Waals surface area contributed by atoms with E-state index in [0.717, 1.165) is 37.6 Å². The first-order chi connectivity index (χ1) is 7.77. The number of rotatable bonds is 7. The molecule has 0 amide bonds. The van der Waals surface area contributed by atoms with Crippen LogP contribution >= 0.6 is 0 Å². The Kier molecular flexibility index (Phi) is 5.72. The first-order valence-corrected chi connectivity index (χ1v) is 5.74. The second kappa shape index (κ2) is 7.12. The maximum atomic E-state index is 5.40. The number of anilines is 1. The Balaban J connectivity index is 2.36. The lowest BCUT2D eigenvalue weighted by Gasteiger charge is -2.10. The summed E-state index contributed by atoms with van der Waals surface area (Å²) in [6.07, 6.45) is 1.07. The molecule has 1 rings (SSSR count). The van der Waals surface area contributed by atoms with Crippen molar-refractivity contribution in [2.75, 3.05) is 32.2 Å². The Morgan fingerprint density at radius 3 is 2.69 bits per heavy atom. The van der Waals surface area contributed by atoms with Gasteiger partial charge in [-0.2, -0.15) is 0 Å². The van der Waals surface area contributed by atoms with Crippen molar-refractivity contribution in [1.82, 2.24) is 0 Å². The topological polar surface area (TPSA) is 30.5 Å². The summed E-state index contributed by atoms with van der Waals surface area (Å²) < 4.78 is 10.6. The van der Waals surface area contributed by atoms with Crippen LogP contribution in [0.15, 0.2) is 18.2 Å². The number of aryl methyl sites for hydroxylation is 1. The summed E-state index contributed by atoms with van der Waals surface area (Å²) in [6.45, 7) is 6.61. The van der Waals surface area contributed by atoms with Gasteiger partial charge in [-0.3, -0.25) is 0 Å². The van der Waals surface area contributed by atoms with E-state index < -0.39 is 0 Å². The van der Waals surface area contributed by atoms with Crippen LogP contribution in [0, 0.1) is 6.92 Å². The van der Waals surface area contributed by atoms with Crippen LogP contribution in [0.2, 0.25) is 0 Å². The molecule has 1 N–H and O–H groups in total. The second-order valence-electron chi connectivity index (χ2n) is 3.72. The van der Waals surface area contributed by atoms with Crippen molar-refractivity contribution in [3.05, 3.63) is 23.8 Å². The lowest BCUT2D eigenvalue weighted by atomic mass is 10.2. The summed E-state index contributed by atoms with van der Waals surface area (Å²) in [5.74, 6) is 0.894. The highest BCUT2D eigenvalue weighted by atomic mass is 16.5. The first-order valence-electron chi connectivity index (χ1n) is 5.74. The van der Waals surface area contributed by atoms with Crippen LogP contribution in [0.1, 0.15) is 18.9 Å². The Morgan fingerprint density at radius 1 is 1.25 bits per heavy atom. The highest BCUT2D eigenvalue weighted by Crippen LogP contribution is 2.20. The van der Waals surface area contributed by atoms with E-state index in [4.69, 9.17) is 9.47 Å². The fraction of sp³-hybridized carbons (Fsp3) is 0.538. The largest absolute Gasteiger partial charge is 0.497 e. The average molecular weight is 223 g/mol. The Morgan fingerprint density at radius 2 is 2.06 bits per heavy atom. The first kappa shape index (κ1) is 12.8. The highest BCUT2D eigenvalue weighted by molar-refractivity contribution is 5.53. The van der Waals surface area contributed by atoms with Crippen LogP contribution < -0.4 is 10.1 Å². The molecule has 0 atom stereocenters. The molecule has 0 spiro atoms. The van der Waals surface area contributed by atoms with Gasteiger partial charge in [0.2, 0.25) is 0 Å². The van der Waals surface area contributed by atoms with Crippen molar-refractivity contribution < 1.29 is 9.47 Å². The molecule has 0 aromatic heterocycles. The van der Waals surface area contributed by atoms with Crippen molar-refractivity contribution >= 4 is 5.69 Å². The summed E-state index contributed by atoms with van der Waals surface area (Å²) in [6, 6.07) is 6.02. The zero-order chi connectivity index (χ0) is 11.8. The predicted molar refractivity (Wildman–Crippen MR) is 67.3 cm³/mol. The third-order valence-electron chi connectivity index (χ3n) is 2.34. The fourth-order valence-electron chi connectivity index (χ4n) is 1.47. The van der Waals surface area contributed by atoms with E-state index in [1.165, 1.54) is 5.56 Å². The molecule has 3 nitrogen and oxygen atoms in total. The van der Waals surface area contributed by atoms with Gasteiger partial charge in [-0.15, -0.1) is 0 Å². The smallest absolute Gasteiger partial charge is 0.119 e. The Labute approximate surface area is 97.8 Å². The van der Waals surface area contributed by atoms with Crippen molar-refractivity contribution in [3.8, 4) is 5.75 Å². The molecule has 0 unspecified atom stereocenters. The van der Waals surface area contributed by atoms with E-state index in [9.17, 15) is 0 Å². The number of ether oxygens (including phenoxy) is 2. The molecule has 0 aliphatic rings. The Bertz CT molecular complexity index is 313. The lowest BCUT2D eigenvalue weighted by Crippen LogP contribution is -2.10. The predicted octanol–water partition coefficient (Wildman–Crippen LogP) is 2.84. The lowest BCUT2D eigenvalue weighted by molar-refractivity contribution is 0.144. The highest BCUT2D eigenvalue weighted by Gasteiger charge is 1.99. The molecular weight excluding hydrogens is 202 g/mol. The van der Waals surface area contributed by atoms with Crippen molar-refractivity contribution in [2.45, 2.75) is 20.3 Å². The number of hydrogen-bond donors (Lipinski definition) is 1. The molecule has 0 fully saturated rings. The van der Waals surface area contributed by atoms with Gasteiger partial charge in [0.05, 0.1) is 13.7 Å². The zero-order valence-corrected chi connectivity index (χ0v) is 10.4. The summed E-state index contributed by atoms with van der Waals surface area (Å²) in [5, 5.41) is 3.34. The second-order valence-corrected chi connectivity index (χ2v) is 3.72. The van der Waals surface area contributed by atoms with Crippen LogP contribution in [0.5, 0.6) is 5.75 Å². The summed E-state index contributed by atoms with van der Waals surface area (Å²) in [4.78, 5) is 0. The van der Waals surface area contributed by atoms with Gasteiger partial charge >= 0.3 is 0 Å². The van der Waals surface area contributed by atoms with Gasteiger partial charge in [0, 0.05) is 18.8 Å². The third-order valence-corrected chi connectivity index (χ3v) is 2.34. The Hall–Kier alpha value is -1.22. The van der Waals surface area contributed by atoms with Gasteiger partial charge < -0.3 is 14.8 Å². The van der Waals surface area contributed by atoms with E-state index in [0.29, 0.717) is 0 Å². The zero-order valence-electron chi connectivity index (χ0n) is 10.4. The number of methoxy groups -OCH3 is 1. The van der Waals surface area contributed by atoms with Gasteiger partial charge in [-0.05, 0) is 37.1 Å². The van der Waals surface area contributed by atoms with Crippen LogP contribution in [-0.2, 0) is 4.74 Å². The van der Waals surface area contributed by atoms with Crippen molar-refractivity contribution in [2.24, 2.45) is 0 Å². The summed E-state index contributed by atoms with van der Waals surface area (Å²) in [5.41, 5.74) is 2.33. The van der Waals surface area contributed by atoms with Crippen molar-refractivity contribution in [1.29, 1.82) is 0 Å². The van der Waals surface area contributed by atoms with Crippen LogP contribution in [0.25, 0.3) is 0 Å². The standard InChI is InChI=1S/C13H21NO2/c1-4-8-16-9-7-14-13-6-5-12(15-3)10-11(13)2/h5-6,10,14H,4,7-9H2,1-3H3. The molecule has 1 aromatic carbocycles. The minimum atomic E-state index is 0.749. The van der Waals surface area contributed by atoms with E-state index >= 15 is 0 Å². The molecule has 16 heavy (non-hydrogen) atoms. The molecule has 0 aliphatic carbocycles. The van der Waals surface area contributed by atoms with Crippen LogP contribution in [0.3, 0.4) is 0 Å². The third kappa shape index (κ3) is 4.11. The van der Waals surface area contributed by atoms with E-state index in [1.807, 2.05) is 18.2 Å². The molecular formula is C13H21NO2. The fourth-order valence-corrected chi connectivity index (χ4v) is 1.47. The van der Waals surface area contributed by atoms with Gasteiger partial charge in [0.25, 0.3) is 0 Å². The molecule has 0 bridgehead atoms. The molecule has 0 saturated heterocycles. The molecule has 0 heterocycles. The minimum Gasteiger partial charge on any atom is -0.497 e. The maximum Gasteiger partial charge on any atom is 0.119 e. The number of nitrogens with one attached hydrogen (secondary N) is 1. The van der Waals surface area contributed by atoms with Gasteiger partial charge in [-0.25, -0.2) is 0 Å². The van der Waals surface area contributed by atoms with Gasteiger partial charge in [-0.1, -0.05) is 6.92 Å². The number of benzene rings is 1. The minimum absolute atomic E-state index is 0.749. The molecule has 3 heteroatoms. The van der Waals surface area contributed by atoms with Crippen molar-refractivity contribution in [3.63, 3.8) is 0 Å². The maximum absolute atomic E-state index is 5.40. The van der Waals surface area contributed by atoms with Crippen LogP contribution in [0.4, 0.5) is 5.69 Å². The molecule has 0 radical (unpaired) electrons.